The van der Waals surface area contributed by atoms with E-state index in [4.69, 9.17) is 4.74 Å². The first-order valence-corrected chi connectivity index (χ1v) is 8.99. The number of hydrogen-bond acceptors (Lipinski definition) is 4. The molecule has 7 nitrogen and oxygen atoms in total. The van der Waals surface area contributed by atoms with Gasteiger partial charge in [-0.2, -0.15) is 17.4 Å². The summed E-state index contributed by atoms with van der Waals surface area (Å²) >= 11 is 0. The number of nitrogens with zero attached hydrogens (tertiary/aromatic N) is 3. The van der Waals surface area contributed by atoms with Crippen LogP contribution in [-0.2, 0) is 22.0 Å². The fourth-order valence-corrected chi connectivity index (χ4v) is 3.94. The molecule has 24 heavy (non-hydrogen) atoms. The van der Waals surface area contributed by atoms with Crippen LogP contribution >= 0.6 is 0 Å². The fourth-order valence-electron chi connectivity index (χ4n) is 2.62. The number of hydrogen-bond donors (Lipinski definition) is 1. The minimum Gasteiger partial charge on any atom is -0.379 e. The SMILES string of the molecule is Cn1ccnc1C(NS(=O)(=O)N1CCOCC1)c1cccc(F)c1. The average molecular weight is 354 g/mol. The predicted molar refractivity (Wildman–Crippen MR) is 85.9 cm³/mol. The fraction of sp³-hybridized carbons (Fsp3) is 0.400. The van der Waals surface area contributed by atoms with Gasteiger partial charge < -0.3 is 9.30 Å². The van der Waals surface area contributed by atoms with Crippen molar-refractivity contribution in [2.75, 3.05) is 26.3 Å². The third-order valence-corrected chi connectivity index (χ3v) is 5.45. The minimum absolute atomic E-state index is 0.284. The Balaban J connectivity index is 1.95. The van der Waals surface area contributed by atoms with Crippen molar-refractivity contribution < 1.29 is 17.5 Å². The summed E-state index contributed by atoms with van der Waals surface area (Å²) in [5.74, 6) is 0.0507. The number of ether oxygens (including phenoxy) is 1. The first-order chi connectivity index (χ1) is 11.5. The van der Waals surface area contributed by atoms with Crippen molar-refractivity contribution in [2.45, 2.75) is 6.04 Å². The Kier molecular flexibility index (Phi) is 4.95. The van der Waals surface area contributed by atoms with E-state index >= 15 is 0 Å². The van der Waals surface area contributed by atoms with Crippen molar-refractivity contribution in [1.82, 2.24) is 18.6 Å². The van der Waals surface area contributed by atoms with Crippen LogP contribution in [0.5, 0.6) is 0 Å². The lowest BCUT2D eigenvalue weighted by Gasteiger charge is -2.28. The average Bonchev–Trinajstić information content (AvgIpc) is 2.99. The monoisotopic (exact) mass is 354 g/mol. The lowest BCUT2D eigenvalue weighted by Crippen LogP contribution is -2.48. The summed E-state index contributed by atoms with van der Waals surface area (Å²) < 4.78 is 49.9. The van der Waals surface area contributed by atoms with E-state index in [0.29, 0.717) is 24.6 Å². The number of aromatic nitrogens is 2. The number of halogens is 1. The number of morpholine rings is 1. The number of nitrogens with one attached hydrogen (secondary N) is 1. The van der Waals surface area contributed by atoms with Gasteiger partial charge in [0.15, 0.2) is 0 Å². The summed E-state index contributed by atoms with van der Waals surface area (Å²) in [6.45, 7) is 1.28. The third kappa shape index (κ3) is 3.64. The lowest BCUT2D eigenvalue weighted by atomic mass is 10.1. The first kappa shape index (κ1) is 17.0. The maximum atomic E-state index is 13.6. The van der Waals surface area contributed by atoms with Crippen molar-refractivity contribution in [1.29, 1.82) is 0 Å². The zero-order valence-corrected chi connectivity index (χ0v) is 14.0. The molecule has 1 unspecified atom stereocenters. The minimum atomic E-state index is -3.76. The molecule has 1 aliphatic heterocycles. The van der Waals surface area contributed by atoms with E-state index in [1.54, 1.807) is 36.1 Å². The van der Waals surface area contributed by atoms with Crippen LogP contribution in [0.25, 0.3) is 0 Å². The summed E-state index contributed by atoms with van der Waals surface area (Å²) in [5.41, 5.74) is 0.487. The van der Waals surface area contributed by atoms with E-state index in [2.05, 4.69) is 9.71 Å². The summed E-state index contributed by atoms with van der Waals surface area (Å²) in [4.78, 5) is 4.22. The second-order valence-electron chi connectivity index (χ2n) is 5.52. The zero-order chi connectivity index (χ0) is 17.2. The molecule has 1 aromatic heterocycles. The molecule has 9 heteroatoms. The quantitative estimate of drug-likeness (QED) is 0.862. The van der Waals surface area contributed by atoms with Gasteiger partial charge in [-0.1, -0.05) is 12.1 Å². The summed E-state index contributed by atoms with van der Waals surface area (Å²) in [6.07, 6.45) is 3.29. The summed E-state index contributed by atoms with van der Waals surface area (Å²) in [6, 6.07) is 5.05. The molecule has 2 aromatic rings. The molecule has 0 aliphatic carbocycles. The molecule has 3 rings (SSSR count). The Morgan fingerprint density at radius 1 is 1.33 bits per heavy atom. The topological polar surface area (TPSA) is 76.5 Å². The smallest absolute Gasteiger partial charge is 0.280 e. The van der Waals surface area contributed by atoms with Crippen LogP contribution in [0.2, 0.25) is 0 Å². The molecule has 0 bridgehead atoms. The molecular formula is C15H19FN4O3S. The van der Waals surface area contributed by atoms with Gasteiger partial charge in [-0.3, -0.25) is 0 Å². The second-order valence-corrected chi connectivity index (χ2v) is 7.22. The van der Waals surface area contributed by atoms with Crippen LogP contribution in [0.15, 0.2) is 36.7 Å². The van der Waals surface area contributed by atoms with Crippen LogP contribution < -0.4 is 4.72 Å². The lowest BCUT2D eigenvalue weighted by molar-refractivity contribution is 0.0723. The van der Waals surface area contributed by atoms with Gasteiger partial charge in [0.1, 0.15) is 17.7 Å². The Labute approximate surface area is 140 Å². The van der Waals surface area contributed by atoms with Crippen LogP contribution in [0.3, 0.4) is 0 Å². The van der Waals surface area contributed by atoms with Crippen LogP contribution in [-0.4, -0.2) is 48.6 Å². The van der Waals surface area contributed by atoms with Crippen LogP contribution in [0, 0.1) is 5.82 Å². The largest absolute Gasteiger partial charge is 0.379 e. The van der Waals surface area contributed by atoms with Crippen molar-refractivity contribution in [3.05, 3.63) is 53.9 Å². The summed E-state index contributed by atoms with van der Waals surface area (Å²) in [7, 11) is -2.00. The molecule has 1 aromatic carbocycles. The molecule has 0 radical (unpaired) electrons. The van der Waals surface area contributed by atoms with Gasteiger partial charge in [0.25, 0.3) is 10.2 Å². The zero-order valence-electron chi connectivity index (χ0n) is 13.2. The molecule has 1 aliphatic rings. The molecule has 0 amide bonds. The molecule has 0 saturated carbocycles. The molecule has 1 saturated heterocycles. The van der Waals surface area contributed by atoms with E-state index in [0.717, 1.165) is 0 Å². The number of imidazole rings is 1. The van der Waals surface area contributed by atoms with Gasteiger partial charge in [-0.25, -0.2) is 9.37 Å². The van der Waals surface area contributed by atoms with Gasteiger partial charge in [-0.05, 0) is 17.7 Å². The highest BCUT2D eigenvalue weighted by atomic mass is 32.2. The van der Waals surface area contributed by atoms with E-state index in [9.17, 15) is 12.8 Å². The molecule has 0 spiro atoms. The molecular weight excluding hydrogens is 335 g/mol. The molecule has 1 fully saturated rings. The van der Waals surface area contributed by atoms with E-state index in [1.165, 1.54) is 16.4 Å². The highest BCUT2D eigenvalue weighted by Crippen LogP contribution is 2.23. The van der Waals surface area contributed by atoms with Gasteiger partial charge in [0.05, 0.1) is 13.2 Å². The van der Waals surface area contributed by atoms with E-state index in [1.807, 2.05) is 0 Å². The Bertz CT molecular complexity index is 803. The Hall–Kier alpha value is -1.81. The normalized spacial score (nSPS) is 17.8. The van der Waals surface area contributed by atoms with Crippen molar-refractivity contribution >= 4 is 10.2 Å². The summed E-state index contributed by atoms with van der Waals surface area (Å²) in [5, 5.41) is 0. The van der Waals surface area contributed by atoms with Crippen molar-refractivity contribution in [2.24, 2.45) is 7.05 Å². The maximum absolute atomic E-state index is 13.6. The highest BCUT2D eigenvalue weighted by Gasteiger charge is 2.30. The molecule has 1 atom stereocenters. The van der Waals surface area contributed by atoms with Gasteiger partial charge in [-0.15, -0.1) is 0 Å². The van der Waals surface area contributed by atoms with E-state index < -0.39 is 22.1 Å². The third-order valence-electron chi connectivity index (χ3n) is 3.88. The second kappa shape index (κ2) is 6.98. The van der Waals surface area contributed by atoms with Crippen molar-refractivity contribution in [3.8, 4) is 0 Å². The van der Waals surface area contributed by atoms with Gasteiger partial charge in [0.2, 0.25) is 0 Å². The molecule has 1 N–H and O–H groups in total. The number of benzene rings is 1. The molecule has 130 valence electrons. The standard InChI is InChI=1S/C15H19FN4O3S/c1-19-6-5-17-15(19)14(12-3-2-4-13(16)11-12)18-24(21,22)20-7-9-23-10-8-20/h2-6,11,14,18H,7-10H2,1H3. The Morgan fingerprint density at radius 3 is 2.71 bits per heavy atom. The van der Waals surface area contributed by atoms with Crippen LogP contribution in [0.1, 0.15) is 17.4 Å². The maximum Gasteiger partial charge on any atom is 0.280 e. The van der Waals surface area contributed by atoms with Gasteiger partial charge in [0, 0.05) is 32.5 Å². The molecule has 2 heterocycles. The Morgan fingerprint density at radius 2 is 2.08 bits per heavy atom. The van der Waals surface area contributed by atoms with Gasteiger partial charge >= 0.3 is 0 Å². The van der Waals surface area contributed by atoms with Crippen LogP contribution in [0.4, 0.5) is 4.39 Å². The van der Waals surface area contributed by atoms with E-state index in [-0.39, 0.29) is 13.1 Å². The predicted octanol–water partition coefficient (Wildman–Crippen LogP) is 0.815. The van der Waals surface area contributed by atoms with Crippen molar-refractivity contribution in [3.63, 3.8) is 0 Å². The number of rotatable bonds is 5. The first-order valence-electron chi connectivity index (χ1n) is 7.55. The highest BCUT2D eigenvalue weighted by molar-refractivity contribution is 7.87. The number of aryl methyl sites for hydroxylation is 1.